The van der Waals surface area contributed by atoms with Crippen LogP contribution >= 0.6 is 31.9 Å². The molecule has 4 nitrogen and oxygen atoms in total. The number of carbonyl (C=O) groups is 1. The van der Waals surface area contributed by atoms with E-state index in [9.17, 15) is 19.3 Å². The van der Waals surface area contributed by atoms with Gasteiger partial charge >= 0.3 is 5.69 Å². The number of Topliss-reactive ketones (excluding diaryl/α,β-unsaturated/α-hetero) is 1. The number of carbonyl (C=O) groups excluding carboxylic acids is 1. The molecule has 80 valence electrons. The number of halogens is 3. The molecule has 0 unspecified atom stereocenters. The molecule has 0 atom stereocenters. The highest BCUT2D eigenvalue weighted by molar-refractivity contribution is 9.10. The van der Waals surface area contributed by atoms with Crippen LogP contribution in [0.3, 0.4) is 0 Å². The van der Waals surface area contributed by atoms with Crippen LogP contribution in [0.5, 0.6) is 0 Å². The van der Waals surface area contributed by atoms with Crippen LogP contribution in [0.1, 0.15) is 10.4 Å². The summed E-state index contributed by atoms with van der Waals surface area (Å²) in [5, 5.41) is 10.5. The minimum absolute atomic E-state index is 0.0300. The fourth-order valence-electron chi connectivity index (χ4n) is 0.946. The van der Waals surface area contributed by atoms with Crippen LogP contribution < -0.4 is 0 Å². The van der Waals surface area contributed by atoms with Crippen molar-refractivity contribution in [3.8, 4) is 0 Å². The fraction of sp³-hybridized carbons (Fsp3) is 0.125. The second kappa shape index (κ2) is 4.80. The van der Waals surface area contributed by atoms with Crippen molar-refractivity contribution in [2.75, 3.05) is 5.33 Å². The zero-order valence-electron chi connectivity index (χ0n) is 7.17. The van der Waals surface area contributed by atoms with E-state index in [1.165, 1.54) is 6.07 Å². The van der Waals surface area contributed by atoms with Crippen LogP contribution in [0, 0.1) is 15.9 Å². The summed E-state index contributed by atoms with van der Waals surface area (Å²) in [7, 11) is 0. The van der Waals surface area contributed by atoms with Crippen LogP contribution in [-0.2, 0) is 0 Å². The third-order valence-corrected chi connectivity index (χ3v) is 2.74. The summed E-state index contributed by atoms with van der Waals surface area (Å²) in [4.78, 5) is 20.8. The van der Waals surface area contributed by atoms with E-state index in [0.717, 1.165) is 6.07 Å². The number of alkyl halides is 1. The Hall–Kier alpha value is -0.820. The average molecular weight is 341 g/mol. The van der Waals surface area contributed by atoms with Crippen molar-refractivity contribution in [1.82, 2.24) is 0 Å². The molecule has 0 spiro atoms. The maximum Gasteiger partial charge on any atom is 0.306 e. The standard InChI is InChI=1S/C8H4Br2FNO3/c9-3-7(13)4-1-5(10)8(11)6(2-4)12(14)15/h1-2H,3H2. The van der Waals surface area contributed by atoms with Crippen LogP contribution in [0.2, 0.25) is 0 Å². The number of ketones is 1. The van der Waals surface area contributed by atoms with Gasteiger partial charge in [-0.05, 0) is 22.0 Å². The lowest BCUT2D eigenvalue weighted by molar-refractivity contribution is -0.387. The van der Waals surface area contributed by atoms with Gasteiger partial charge in [-0.3, -0.25) is 14.9 Å². The van der Waals surface area contributed by atoms with Gasteiger partial charge in [0.05, 0.1) is 14.7 Å². The third-order valence-electron chi connectivity index (χ3n) is 1.65. The smallest absolute Gasteiger partial charge is 0.293 e. The Labute approximate surface area is 101 Å². The van der Waals surface area contributed by atoms with Crippen LogP contribution in [0.4, 0.5) is 10.1 Å². The molecular weight excluding hydrogens is 337 g/mol. The molecule has 0 heterocycles. The molecule has 0 saturated heterocycles. The predicted octanol–water partition coefficient (Wildman–Crippen LogP) is 3.07. The highest BCUT2D eigenvalue weighted by Crippen LogP contribution is 2.27. The largest absolute Gasteiger partial charge is 0.306 e. The SMILES string of the molecule is O=C(CBr)c1cc(Br)c(F)c([N+](=O)[O-])c1. The number of nitro benzene ring substituents is 1. The second-order valence-electron chi connectivity index (χ2n) is 2.61. The summed E-state index contributed by atoms with van der Waals surface area (Å²) in [6, 6.07) is 2.13. The highest BCUT2D eigenvalue weighted by atomic mass is 79.9. The molecule has 0 aliphatic carbocycles. The molecule has 15 heavy (non-hydrogen) atoms. The molecule has 7 heteroatoms. The molecular formula is C8H4Br2FNO3. The molecule has 1 aromatic carbocycles. The number of hydrogen-bond acceptors (Lipinski definition) is 3. The van der Waals surface area contributed by atoms with Crippen molar-refractivity contribution in [2.24, 2.45) is 0 Å². The molecule has 0 amide bonds. The Morgan fingerprint density at radius 3 is 2.60 bits per heavy atom. The molecule has 0 saturated carbocycles. The van der Waals surface area contributed by atoms with Crippen molar-refractivity contribution < 1.29 is 14.1 Å². The highest BCUT2D eigenvalue weighted by Gasteiger charge is 2.20. The molecule has 0 bridgehead atoms. The second-order valence-corrected chi connectivity index (χ2v) is 4.02. The zero-order valence-corrected chi connectivity index (χ0v) is 10.3. The third kappa shape index (κ3) is 2.60. The Morgan fingerprint density at radius 1 is 1.53 bits per heavy atom. The van der Waals surface area contributed by atoms with Crippen LogP contribution in [-0.4, -0.2) is 16.0 Å². The zero-order chi connectivity index (χ0) is 11.6. The van der Waals surface area contributed by atoms with E-state index < -0.39 is 16.4 Å². The summed E-state index contributed by atoms with van der Waals surface area (Å²) >= 11 is 5.74. The van der Waals surface area contributed by atoms with Crippen molar-refractivity contribution >= 4 is 43.3 Å². The normalized spacial score (nSPS) is 10.1. The number of nitrogens with zero attached hydrogens (tertiary/aromatic N) is 1. The van der Waals surface area contributed by atoms with Gasteiger partial charge in [0.25, 0.3) is 0 Å². The van der Waals surface area contributed by atoms with Gasteiger partial charge in [-0.1, -0.05) is 15.9 Å². The Kier molecular flexibility index (Phi) is 3.92. The van der Waals surface area contributed by atoms with Crippen LogP contribution in [0.15, 0.2) is 16.6 Å². The van der Waals surface area contributed by atoms with Crippen LogP contribution in [0.25, 0.3) is 0 Å². The molecule has 0 fully saturated rings. The van der Waals surface area contributed by atoms with E-state index in [0.29, 0.717) is 0 Å². The lowest BCUT2D eigenvalue weighted by Crippen LogP contribution is -2.03. The van der Waals surface area contributed by atoms with E-state index in [1.54, 1.807) is 0 Å². The number of benzene rings is 1. The van der Waals surface area contributed by atoms with Crippen molar-refractivity contribution in [1.29, 1.82) is 0 Å². The first-order valence-corrected chi connectivity index (χ1v) is 5.61. The molecule has 0 N–H and O–H groups in total. The minimum atomic E-state index is -0.980. The topological polar surface area (TPSA) is 60.2 Å². The van der Waals surface area contributed by atoms with E-state index in [-0.39, 0.29) is 21.1 Å². The summed E-state index contributed by atoms with van der Waals surface area (Å²) in [6.45, 7) is 0. The number of rotatable bonds is 3. The molecule has 0 radical (unpaired) electrons. The van der Waals surface area contributed by atoms with E-state index in [4.69, 9.17) is 0 Å². The van der Waals surface area contributed by atoms with Gasteiger partial charge in [-0.15, -0.1) is 0 Å². The number of nitro groups is 1. The van der Waals surface area contributed by atoms with E-state index in [2.05, 4.69) is 31.9 Å². The van der Waals surface area contributed by atoms with Gasteiger partial charge in [0.1, 0.15) is 0 Å². The lowest BCUT2D eigenvalue weighted by Gasteiger charge is -2.01. The quantitative estimate of drug-likeness (QED) is 0.367. The Bertz CT molecular complexity index is 436. The first kappa shape index (κ1) is 12.3. The summed E-state index contributed by atoms with van der Waals surface area (Å²) < 4.78 is 13.1. The fourth-order valence-corrected chi connectivity index (χ4v) is 1.72. The monoisotopic (exact) mass is 339 g/mol. The maximum atomic E-state index is 13.2. The van der Waals surface area contributed by atoms with E-state index >= 15 is 0 Å². The van der Waals surface area contributed by atoms with Gasteiger partial charge < -0.3 is 0 Å². The number of hydrogen-bond donors (Lipinski definition) is 0. The van der Waals surface area contributed by atoms with Crippen molar-refractivity contribution in [3.05, 3.63) is 38.1 Å². The van der Waals surface area contributed by atoms with Gasteiger partial charge in [-0.25, -0.2) is 0 Å². The molecule has 1 aromatic rings. The predicted molar refractivity (Wildman–Crippen MR) is 58.9 cm³/mol. The lowest BCUT2D eigenvalue weighted by atomic mass is 10.1. The summed E-state index contributed by atoms with van der Waals surface area (Å²) in [5.41, 5.74) is -0.625. The van der Waals surface area contributed by atoms with Crippen molar-refractivity contribution in [3.63, 3.8) is 0 Å². The first-order chi connectivity index (χ1) is 6.97. The summed E-state index contributed by atoms with van der Waals surface area (Å²) in [5.74, 6) is -1.33. The van der Waals surface area contributed by atoms with Gasteiger partial charge in [-0.2, -0.15) is 4.39 Å². The van der Waals surface area contributed by atoms with Crippen molar-refractivity contribution in [2.45, 2.75) is 0 Å². The van der Waals surface area contributed by atoms with Gasteiger partial charge in [0.15, 0.2) is 5.78 Å². The summed E-state index contributed by atoms with van der Waals surface area (Å²) in [6.07, 6.45) is 0. The molecule has 0 aliphatic heterocycles. The average Bonchev–Trinajstić information content (AvgIpc) is 2.20. The van der Waals surface area contributed by atoms with Gasteiger partial charge in [0, 0.05) is 11.6 Å². The first-order valence-electron chi connectivity index (χ1n) is 3.70. The minimum Gasteiger partial charge on any atom is -0.293 e. The van der Waals surface area contributed by atoms with Gasteiger partial charge in [0.2, 0.25) is 5.82 Å². The van der Waals surface area contributed by atoms with E-state index in [1.807, 2.05) is 0 Å². The molecule has 1 rings (SSSR count). The Morgan fingerprint density at radius 2 is 2.13 bits per heavy atom. The Balaban J connectivity index is 3.35. The maximum absolute atomic E-state index is 13.2. The molecule has 0 aromatic heterocycles. The molecule has 0 aliphatic rings.